The minimum Gasteiger partial charge on any atom is -0.310 e. The van der Waals surface area contributed by atoms with Gasteiger partial charge in [0.15, 0.2) is 0 Å². The van der Waals surface area contributed by atoms with E-state index in [1.165, 1.54) is 17.5 Å². The molecule has 0 saturated carbocycles. The first-order valence-corrected chi connectivity index (χ1v) is 10.7. The van der Waals surface area contributed by atoms with Crippen LogP contribution in [0.4, 0.5) is 0 Å². The SMILES string of the molecule is CC(C)C1Cc2ccccc2CC(CC(C)C2Cc3ccccc3CN2)N1. The molecule has 2 aromatic rings. The molecule has 0 aromatic heterocycles. The zero-order chi connectivity index (χ0) is 18.8. The summed E-state index contributed by atoms with van der Waals surface area (Å²) >= 11 is 0. The second kappa shape index (κ2) is 8.16. The topological polar surface area (TPSA) is 24.1 Å². The average molecular weight is 363 g/mol. The van der Waals surface area contributed by atoms with Crippen molar-refractivity contribution in [3.8, 4) is 0 Å². The molecule has 2 aliphatic heterocycles. The Bertz CT molecular complexity index is 766. The van der Waals surface area contributed by atoms with Crippen LogP contribution in [0.15, 0.2) is 48.5 Å². The molecule has 2 aromatic carbocycles. The molecule has 2 nitrogen and oxygen atoms in total. The van der Waals surface area contributed by atoms with Crippen molar-refractivity contribution < 1.29 is 0 Å². The van der Waals surface area contributed by atoms with Crippen LogP contribution in [-0.2, 0) is 25.8 Å². The molecule has 4 unspecified atom stereocenters. The summed E-state index contributed by atoms with van der Waals surface area (Å²) in [5, 5.41) is 7.83. The summed E-state index contributed by atoms with van der Waals surface area (Å²) in [4.78, 5) is 0. The number of hydrogen-bond acceptors (Lipinski definition) is 2. The third-order valence-electron chi connectivity index (χ3n) is 6.74. The second-order valence-electron chi connectivity index (χ2n) is 9.06. The zero-order valence-electron chi connectivity index (χ0n) is 17.0. The molecular weight excluding hydrogens is 328 g/mol. The van der Waals surface area contributed by atoms with E-state index >= 15 is 0 Å². The molecule has 2 heteroatoms. The van der Waals surface area contributed by atoms with E-state index in [1.807, 2.05) is 0 Å². The van der Waals surface area contributed by atoms with E-state index in [0.717, 1.165) is 25.8 Å². The Morgan fingerprint density at radius 2 is 1.33 bits per heavy atom. The first-order valence-electron chi connectivity index (χ1n) is 10.7. The molecule has 0 fully saturated rings. The van der Waals surface area contributed by atoms with Crippen molar-refractivity contribution in [3.63, 3.8) is 0 Å². The quantitative estimate of drug-likeness (QED) is 0.836. The summed E-state index contributed by atoms with van der Waals surface area (Å²) in [5.74, 6) is 1.32. The van der Waals surface area contributed by atoms with Crippen LogP contribution in [0.5, 0.6) is 0 Å². The lowest BCUT2D eigenvalue weighted by molar-refractivity contribution is 0.275. The third kappa shape index (κ3) is 4.28. The summed E-state index contributed by atoms with van der Waals surface area (Å²) < 4.78 is 0. The van der Waals surface area contributed by atoms with Crippen LogP contribution in [-0.4, -0.2) is 18.1 Å². The third-order valence-corrected chi connectivity index (χ3v) is 6.74. The van der Waals surface area contributed by atoms with E-state index in [9.17, 15) is 0 Å². The molecule has 144 valence electrons. The van der Waals surface area contributed by atoms with Crippen molar-refractivity contribution in [2.24, 2.45) is 11.8 Å². The summed E-state index contributed by atoms with van der Waals surface area (Å²) in [7, 11) is 0. The summed E-state index contributed by atoms with van der Waals surface area (Å²) in [6.45, 7) is 8.16. The standard InChI is InChI=1S/C25H34N2/c1-17(2)24-14-20-9-5-4-8-19(20)13-23(27-24)12-18(3)25-15-21-10-6-7-11-22(21)16-26-25/h4-11,17-18,23-27H,12-16H2,1-3H3. The summed E-state index contributed by atoms with van der Waals surface area (Å²) in [5.41, 5.74) is 6.10. The van der Waals surface area contributed by atoms with E-state index in [0.29, 0.717) is 30.0 Å². The predicted octanol–water partition coefficient (Wildman–Crippen LogP) is 4.51. The van der Waals surface area contributed by atoms with Gasteiger partial charge in [0.2, 0.25) is 0 Å². The van der Waals surface area contributed by atoms with Gasteiger partial charge in [-0.15, -0.1) is 0 Å². The van der Waals surface area contributed by atoms with Crippen molar-refractivity contribution in [3.05, 3.63) is 70.8 Å². The van der Waals surface area contributed by atoms with Crippen molar-refractivity contribution in [2.75, 3.05) is 0 Å². The van der Waals surface area contributed by atoms with Gasteiger partial charge in [0.05, 0.1) is 0 Å². The van der Waals surface area contributed by atoms with Gasteiger partial charge in [0.1, 0.15) is 0 Å². The van der Waals surface area contributed by atoms with Gasteiger partial charge in [-0.1, -0.05) is 69.3 Å². The summed E-state index contributed by atoms with van der Waals surface area (Å²) in [6.07, 6.45) is 4.71. The van der Waals surface area contributed by atoms with Gasteiger partial charge in [-0.05, 0) is 59.8 Å². The largest absolute Gasteiger partial charge is 0.310 e. The number of benzene rings is 2. The fourth-order valence-corrected chi connectivity index (χ4v) is 4.95. The molecule has 4 atom stereocenters. The number of nitrogens with one attached hydrogen (secondary N) is 2. The molecule has 27 heavy (non-hydrogen) atoms. The maximum atomic E-state index is 4.02. The highest BCUT2D eigenvalue weighted by molar-refractivity contribution is 5.31. The van der Waals surface area contributed by atoms with Crippen molar-refractivity contribution in [1.82, 2.24) is 10.6 Å². The molecule has 0 bridgehead atoms. The van der Waals surface area contributed by atoms with E-state index in [-0.39, 0.29) is 0 Å². The first kappa shape index (κ1) is 18.7. The van der Waals surface area contributed by atoms with Gasteiger partial charge in [-0.3, -0.25) is 0 Å². The van der Waals surface area contributed by atoms with Crippen LogP contribution in [0.3, 0.4) is 0 Å². The van der Waals surface area contributed by atoms with E-state index in [2.05, 4.69) is 79.9 Å². The first-order chi connectivity index (χ1) is 13.1. The van der Waals surface area contributed by atoms with E-state index < -0.39 is 0 Å². The molecule has 0 spiro atoms. The van der Waals surface area contributed by atoms with Crippen molar-refractivity contribution >= 4 is 0 Å². The number of fused-ring (bicyclic) bond motifs is 2. The van der Waals surface area contributed by atoms with Crippen LogP contribution in [0.1, 0.15) is 49.4 Å². The highest BCUT2D eigenvalue weighted by Gasteiger charge is 2.29. The molecule has 0 amide bonds. The van der Waals surface area contributed by atoms with Crippen LogP contribution in [0.25, 0.3) is 0 Å². The van der Waals surface area contributed by atoms with Gasteiger partial charge in [0.25, 0.3) is 0 Å². The lowest BCUT2D eigenvalue weighted by Crippen LogP contribution is -2.46. The second-order valence-corrected chi connectivity index (χ2v) is 9.06. The van der Waals surface area contributed by atoms with Gasteiger partial charge in [-0.25, -0.2) is 0 Å². The lowest BCUT2D eigenvalue weighted by atomic mass is 9.84. The molecule has 0 saturated heterocycles. The Kier molecular flexibility index (Phi) is 5.66. The Morgan fingerprint density at radius 3 is 2.00 bits per heavy atom. The van der Waals surface area contributed by atoms with Gasteiger partial charge >= 0.3 is 0 Å². The molecule has 2 aliphatic rings. The molecule has 2 N–H and O–H groups in total. The zero-order valence-corrected chi connectivity index (χ0v) is 17.0. The van der Waals surface area contributed by atoms with Crippen LogP contribution in [0.2, 0.25) is 0 Å². The highest BCUT2D eigenvalue weighted by Crippen LogP contribution is 2.27. The van der Waals surface area contributed by atoms with Gasteiger partial charge < -0.3 is 10.6 Å². The fourth-order valence-electron chi connectivity index (χ4n) is 4.95. The van der Waals surface area contributed by atoms with Gasteiger partial charge in [-0.2, -0.15) is 0 Å². The van der Waals surface area contributed by atoms with Crippen LogP contribution >= 0.6 is 0 Å². The van der Waals surface area contributed by atoms with Crippen LogP contribution < -0.4 is 10.6 Å². The summed E-state index contributed by atoms with van der Waals surface area (Å²) in [6, 6.07) is 19.7. The maximum absolute atomic E-state index is 4.02. The highest BCUT2D eigenvalue weighted by atomic mass is 15.0. The Labute approximate surface area is 164 Å². The van der Waals surface area contributed by atoms with E-state index in [1.54, 1.807) is 11.1 Å². The minimum atomic E-state index is 0.565. The molecule has 4 rings (SSSR count). The van der Waals surface area contributed by atoms with Crippen molar-refractivity contribution in [1.29, 1.82) is 0 Å². The van der Waals surface area contributed by atoms with Crippen molar-refractivity contribution in [2.45, 2.75) is 71.1 Å². The molecular formula is C25H34N2. The van der Waals surface area contributed by atoms with Gasteiger partial charge in [0, 0.05) is 24.7 Å². The predicted molar refractivity (Wildman–Crippen MR) is 114 cm³/mol. The Balaban J connectivity index is 1.46. The van der Waals surface area contributed by atoms with E-state index in [4.69, 9.17) is 0 Å². The fraction of sp³-hybridized carbons (Fsp3) is 0.520. The smallest absolute Gasteiger partial charge is 0.0211 e. The maximum Gasteiger partial charge on any atom is 0.0211 e. The normalized spacial score (nSPS) is 26.1. The molecule has 0 radical (unpaired) electrons. The monoisotopic (exact) mass is 362 g/mol. The Morgan fingerprint density at radius 1 is 0.778 bits per heavy atom. The Hall–Kier alpha value is -1.64. The number of rotatable bonds is 4. The lowest BCUT2D eigenvalue weighted by Gasteiger charge is -2.34. The van der Waals surface area contributed by atoms with Crippen LogP contribution in [0, 0.1) is 11.8 Å². The molecule has 0 aliphatic carbocycles. The average Bonchev–Trinajstić information content (AvgIpc) is 2.86. The minimum absolute atomic E-state index is 0.565. The molecule has 2 heterocycles. The number of hydrogen-bond donors (Lipinski definition) is 2.